The number of benzene rings is 1. The molecule has 0 aliphatic heterocycles. The van der Waals surface area contributed by atoms with Crippen molar-refractivity contribution in [2.45, 2.75) is 78.4 Å². The van der Waals surface area contributed by atoms with Crippen LogP contribution in [0.4, 0.5) is 0 Å². The van der Waals surface area contributed by atoms with E-state index < -0.39 is 23.5 Å². The predicted molar refractivity (Wildman–Crippen MR) is 117 cm³/mol. The molecule has 0 aliphatic rings. The lowest BCUT2D eigenvalue weighted by atomic mass is 9.93. The molecule has 6 nitrogen and oxygen atoms in total. The van der Waals surface area contributed by atoms with Gasteiger partial charge in [-0.1, -0.05) is 44.2 Å². The Morgan fingerprint density at radius 3 is 2.27 bits per heavy atom. The third kappa shape index (κ3) is 10.5. The summed E-state index contributed by atoms with van der Waals surface area (Å²) in [4.78, 5) is 38.1. The average Bonchev–Trinajstić information content (AvgIpc) is 2.64. The molecular formula is C24H37NO5. The Hall–Kier alpha value is -2.21. The molecule has 0 aromatic heterocycles. The van der Waals surface area contributed by atoms with Crippen LogP contribution in [0.25, 0.3) is 0 Å². The van der Waals surface area contributed by atoms with Gasteiger partial charge in [-0.15, -0.1) is 0 Å². The zero-order valence-electron chi connectivity index (χ0n) is 18.9. The number of ketones is 1. The summed E-state index contributed by atoms with van der Waals surface area (Å²) in [6, 6.07) is 8.86. The van der Waals surface area contributed by atoms with Crippen molar-refractivity contribution in [2.75, 3.05) is 6.61 Å². The predicted octanol–water partition coefficient (Wildman–Crippen LogP) is 3.45. The van der Waals surface area contributed by atoms with Gasteiger partial charge in [0.05, 0.1) is 18.4 Å². The van der Waals surface area contributed by atoms with Gasteiger partial charge in [0.15, 0.2) is 5.78 Å². The largest absolute Gasteiger partial charge is 0.460 e. The number of carbonyl (C=O) groups excluding carboxylic acids is 3. The number of amides is 1. The number of nitrogens with one attached hydrogen (secondary N) is 1. The Labute approximate surface area is 180 Å². The highest BCUT2D eigenvalue weighted by atomic mass is 16.6. The van der Waals surface area contributed by atoms with Gasteiger partial charge >= 0.3 is 5.97 Å². The molecule has 2 N–H and O–H groups in total. The lowest BCUT2D eigenvalue weighted by Gasteiger charge is -2.25. The van der Waals surface area contributed by atoms with E-state index in [1.807, 2.05) is 44.2 Å². The third-order valence-corrected chi connectivity index (χ3v) is 4.52. The van der Waals surface area contributed by atoms with Crippen molar-refractivity contribution in [3.8, 4) is 0 Å². The maximum absolute atomic E-state index is 13.1. The average molecular weight is 420 g/mol. The number of esters is 1. The van der Waals surface area contributed by atoms with E-state index in [-0.39, 0.29) is 37.1 Å². The maximum Gasteiger partial charge on any atom is 0.307 e. The first-order valence-electron chi connectivity index (χ1n) is 10.7. The van der Waals surface area contributed by atoms with Crippen molar-refractivity contribution in [2.24, 2.45) is 11.8 Å². The van der Waals surface area contributed by atoms with Gasteiger partial charge in [0.1, 0.15) is 5.60 Å². The van der Waals surface area contributed by atoms with Crippen molar-refractivity contribution in [1.29, 1.82) is 0 Å². The Kier molecular flexibility index (Phi) is 10.7. The second kappa shape index (κ2) is 12.5. The number of hydrogen-bond acceptors (Lipinski definition) is 5. The summed E-state index contributed by atoms with van der Waals surface area (Å²) in [5.74, 6) is -1.28. The van der Waals surface area contributed by atoms with Crippen LogP contribution in [0.5, 0.6) is 0 Å². The fraction of sp³-hybridized carbons (Fsp3) is 0.625. The van der Waals surface area contributed by atoms with E-state index >= 15 is 0 Å². The van der Waals surface area contributed by atoms with E-state index in [9.17, 15) is 14.4 Å². The van der Waals surface area contributed by atoms with Gasteiger partial charge in [-0.3, -0.25) is 14.4 Å². The molecule has 0 aliphatic carbocycles. The lowest BCUT2D eigenvalue weighted by molar-refractivity contribution is -0.157. The van der Waals surface area contributed by atoms with Crippen LogP contribution in [-0.4, -0.2) is 41.0 Å². The van der Waals surface area contributed by atoms with Gasteiger partial charge in [-0.2, -0.15) is 0 Å². The number of rotatable bonds is 12. The Morgan fingerprint density at radius 2 is 1.73 bits per heavy atom. The highest BCUT2D eigenvalue weighted by molar-refractivity contribution is 5.91. The standard InChI is InChI=1S/C24H37NO5/c1-17(2)14-20(21(27)12-9-13-26)25-23(29)19(15-18-10-7-6-8-11-18)16-22(28)30-24(3,4)5/h6-8,10-11,17,19-20,26H,9,12-16H2,1-5H3,(H,25,29)/t19-,20+/m1/s1. The van der Waals surface area contributed by atoms with Gasteiger partial charge in [-0.25, -0.2) is 0 Å². The van der Waals surface area contributed by atoms with Gasteiger partial charge in [0, 0.05) is 13.0 Å². The molecule has 30 heavy (non-hydrogen) atoms. The fourth-order valence-corrected chi connectivity index (χ4v) is 3.20. The zero-order chi connectivity index (χ0) is 22.7. The number of hydrogen-bond donors (Lipinski definition) is 2. The molecule has 0 saturated carbocycles. The summed E-state index contributed by atoms with van der Waals surface area (Å²) in [6.07, 6.45) is 1.42. The summed E-state index contributed by atoms with van der Waals surface area (Å²) < 4.78 is 5.41. The third-order valence-electron chi connectivity index (χ3n) is 4.52. The summed E-state index contributed by atoms with van der Waals surface area (Å²) in [6.45, 7) is 9.27. The minimum Gasteiger partial charge on any atom is -0.460 e. The molecular weight excluding hydrogens is 382 g/mol. The van der Waals surface area contributed by atoms with E-state index in [1.54, 1.807) is 20.8 Å². The van der Waals surface area contributed by atoms with Crippen molar-refractivity contribution in [3.63, 3.8) is 0 Å². The first-order valence-corrected chi connectivity index (χ1v) is 10.7. The highest BCUT2D eigenvalue weighted by Crippen LogP contribution is 2.18. The van der Waals surface area contributed by atoms with E-state index in [2.05, 4.69) is 5.32 Å². The normalized spacial score (nSPS) is 13.6. The van der Waals surface area contributed by atoms with Gasteiger partial charge in [0.2, 0.25) is 5.91 Å². The van der Waals surface area contributed by atoms with E-state index in [0.29, 0.717) is 19.3 Å². The summed E-state index contributed by atoms with van der Waals surface area (Å²) in [5, 5.41) is 11.9. The number of aliphatic hydroxyl groups excluding tert-OH is 1. The van der Waals surface area contributed by atoms with E-state index in [0.717, 1.165) is 5.56 Å². The molecule has 1 aromatic carbocycles. The van der Waals surface area contributed by atoms with Crippen LogP contribution in [0, 0.1) is 11.8 Å². The molecule has 0 bridgehead atoms. The molecule has 0 heterocycles. The minimum atomic E-state index is -0.637. The highest BCUT2D eigenvalue weighted by Gasteiger charge is 2.29. The van der Waals surface area contributed by atoms with Crippen LogP contribution in [0.2, 0.25) is 0 Å². The van der Waals surface area contributed by atoms with Gasteiger partial charge in [0.25, 0.3) is 0 Å². The molecule has 2 atom stereocenters. The number of carbonyl (C=O) groups is 3. The molecule has 0 radical (unpaired) electrons. The van der Waals surface area contributed by atoms with Crippen LogP contribution < -0.4 is 5.32 Å². The molecule has 0 saturated heterocycles. The van der Waals surface area contributed by atoms with Crippen LogP contribution in [0.1, 0.15) is 65.9 Å². The summed E-state index contributed by atoms with van der Waals surface area (Å²) in [5.41, 5.74) is 0.305. The quantitative estimate of drug-likeness (QED) is 0.506. The van der Waals surface area contributed by atoms with Crippen molar-refractivity contribution >= 4 is 17.7 Å². The first kappa shape index (κ1) is 25.8. The van der Waals surface area contributed by atoms with Crippen LogP contribution >= 0.6 is 0 Å². The molecule has 1 rings (SSSR count). The Morgan fingerprint density at radius 1 is 1.10 bits per heavy atom. The number of Topliss-reactive ketones (excluding diaryl/α,β-unsaturated/α-hetero) is 1. The lowest BCUT2D eigenvalue weighted by Crippen LogP contribution is -2.45. The van der Waals surface area contributed by atoms with Crippen LogP contribution in [-0.2, 0) is 25.5 Å². The van der Waals surface area contributed by atoms with Crippen molar-refractivity contribution in [3.05, 3.63) is 35.9 Å². The number of ether oxygens (including phenoxy) is 1. The second-order valence-corrected chi connectivity index (χ2v) is 9.16. The molecule has 1 aromatic rings. The Balaban J connectivity index is 2.96. The second-order valence-electron chi connectivity index (χ2n) is 9.16. The van der Waals surface area contributed by atoms with Crippen molar-refractivity contribution in [1.82, 2.24) is 5.32 Å². The Bertz CT molecular complexity index is 679. The van der Waals surface area contributed by atoms with Gasteiger partial charge in [-0.05, 0) is 51.5 Å². The van der Waals surface area contributed by atoms with Crippen LogP contribution in [0.3, 0.4) is 0 Å². The fourth-order valence-electron chi connectivity index (χ4n) is 3.20. The van der Waals surface area contributed by atoms with Crippen molar-refractivity contribution < 1.29 is 24.2 Å². The first-order chi connectivity index (χ1) is 14.0. The number of aliphatic hydroxyl groups is 1. The monoisotopic (exact) mass is 419 g/mol. The zero-order valence-corrected chi connectivity index (χ0v) is 18.9. The minimum absolute atomic E-state index is 0.0583. The van der Waals surface area contributed by atoms with Gasteiger partial charge < -0.3 is 15.2 Å². The smallest absolute Gasteiger partial charge is 0.307 e. The maximum atomic E-state index is 13.1. The SMILES string of the molecule is CC(C)C[C@H](NC(=O)[C@@H](CC(=O)OC(C)(C)C)Cc1ccccc1)C(=O)CCCO. The summed E-state index contributed by atoms with van der Waals surface area (Å²) in [7, 11) is 0. The molecule has 0 spiro atoms. The molecule has 168 valence electrons. The molecule has 0 fully saturated rings. The molecule has 1 amide bonds. The molecule has 6 heteroatoms. The van der Waals surface area contributed by atoms with E-state index in [1.165, 1.54) is 0 Å². The topological polar surface area (TPSA) is 92.7 Å². The van der Waals surface area contributed by atoms with E-state index in [4.69, 9.17) is 9.84 Å². The van der Waals surface area contributed by atoms with Crippen LogP contribution in [0.15, 0.2) is 30.3 Å². The summed E-state index contributed by atoms with van der Waals surface area (Å²) >= 11 is 0. The molecule has 0 unspecified atom stereocenters.